The van der Waals surface area contributed by atoms with E-state index < -0.39 is 23.8 Å². The van der Waals surface area contributed by atoms with Crippen LogP contribution >= 0.6 is 11.6 Å². The fourth-order valence-electron chi connectivity index (χ4n) is 2.27. The Bertz CT molecular complexity index is 976. The smallest absolute Gasteiger partial charge is 0.328 e. The number of benzene rings is 2. The number of amides is 1. The number of ether oxygens (including phenoxy) is 1. The number of nitrogens with zero attached hydrogens (tertiary/aromatic N) is 3. The van der Waals surface area contributed by atoms with Crippen LogP contribution in [-0.4, -0.2) is 33.0 Å². The van der Waals surface area contributed by atoms with Gasteiger partial charge in [-0.2, -0.15) is 0 Å². The van der Waals surface area contributed by atoms with Gasteiger partial charge in [-0.25, -0.2) is 9.07 Å². The Morgan fingerprint density at radius 1 is 1.31 bits per heavy atom. The molecule has 0 saturated carbocycles. The number of aromatic nitrogens is 3. The Labute approximate surface area is 152 Å². The molecular formula is C17H14ClFN4O3. The molecule has 9 heteroatoms. The summed E-state index contributed by atoms with van der Waals surface area (Å²) in [6.45, 7) is 1.19. The topological polar surface area (TPSA) is 86.1 Å². The Hall–Kier alpha value is -3.00. The van der Waals surface area contributed by atoms with Gasteiger partial charge in [0.1, 0.15) is 17.9 Å². The zero-order valence-electron chi connectivity index (χ0n) is 13.6. The minimum atomic E-state index is -1.12. The lowest BCUT2D eigenvalue weighted by atomic mass is 10.3. The normalized spacial score (nSPS) is 12.0. The standard InChI is InChI=1S/C17H14ClFN4O3/c1-10(17(25)20-13-7-6-11(18)8-12(13)19)26-16(24)9-23-15-5-3-2-4-14(15)21-22-23/h2-8,10H,9H2,1H3,(H,20,25). The molecule has 0 aliphatic rings. The summed E-state index contributed by atoms with van der Waals surface area (Å²) < 4.78 is 20.2. The van der Waals surface area contributed by atoms with Gasteiger partial charge in [0.15, 0.2) is 6.10 Å². The van der Waals surface area contributed by atoms with Gasteiger partial charge in [-0.1, -0.05) is 28.9 Å². The Kier molecular flexibility index (Phi) is 5.13. The molecule has 134 valence electrons. The second-order valence-electron chi connectivity index (χ2n) is 5.48. The number of carbonyl (C=O) groups is 2. The van der Waals surface area contributed by atoms with E-state index in [1.807, 2.05) is 6.07 Å². The van der Waals surface area contributed by atoms with Gasteiger partial charge in [-0.3, -0.25) is 9.59 Å². The van der Waals surface area contributed by atoms with E-state index in [-0.39, 0.29) is 17.3 Å². The van der Waals surface area contributed by atoms with Crippen LogP contribution in [0.2, 0.25) is 5.02 Å². The maximum atomic E-state index is 13.7. The van der Waals surface area contributed by atoms with Gasteiger partial charge in [0.2, 0.25) is 0 Å². The minimum Gasteiger partial charge on any atom is -0.451 e. The summed E-state index contributed by atoms with van der Waals surface area (Å²) in [5.41, 5.74) is 1.26. The first-order chi connectivity index (χ1) is 12.4. The predicted molar refractivity (Wildman–Crippen MR) is 93.1 cm³/mol. The molecule has 1 aromatic heterocycles. The zero-order chi connectivity index (χ0) is 18.7. The van der Waals surface area contributed by atoms with Gasteiger partial charge >= 0.3 is 5.97 Å². The van der Waals surface area contributed by atoms with Crippen LogP contribution in [0, 0.1) is 5.82 Å². The molecule has 1 heterocycles. The molecule has 0 saturated heterocycles. The lowest BCUT2D eigenvalue weighted by Gasteiger charge is -2.14. The van der Waals surface area contributed by atoms with E-state index in [2.05, 4.69) is 15.6 Å². The summed E-state index contributed by atoms with van der Waals surface area (Å²) in [5, 5.41) is 10.4. The average Bonchev–Trinajstić information content (AvgIpc) is 3.00. The maximum absolute atomic E-state index is 13.7. The molecular weight excluding hydrogens is 363 g/mol. The molecule has 0 fully saturated rings. The van der Waals surface area contributed by atoms with E-state index >= 15 is 0 Å². The van der Waals surface area contributed by atoms with Crippen LogP contribution in [0.1, 0.15) is 6.92 Å². The molecule has 2 aromatic carbocycles. The van der Waals surface area contributed by atoms with E-state index in [9.17, 15) is 14.0 Å². The number of fused-ring (bicyclic) bond motifs is 1. The SMILES string of the molecule is CC(OC(=O)Cn1nnc2ccccc21)C(=O)Nc1ccc(Cl)cc1F. The molecule has 7 nitrogen and oxygen atoms in total. The van der Waals surface area contributed by atoms with Crippen LogP contribution in [0.5, 0.6) is 0 Å². The highest BCUT2D eigenvalue weighted by atomic mass is 35.5. The molecule has 1 amide bonds. The van der Waals surface area contributed by atoms with Gasteiger partial charge in [0, 0.05) is 5.02 Å². The second-order valence-corrected chi connectivity index (χ2v) is 5.92. The molecule has 3 aromatic rings. The van der Waals surface area contributed by atoms with Crippen LogP contribution in [0.4, 0.5) is 10.1 Å². The van der Waals surface area contributed by atoms with Crippen molar-refractivity contribution in [2.24, 2.45) is 0 Å². The molecule has 1 unspecified atom stereocenters. The average molecular weight is 377 g/mol. The molecule has 0 aliphatic carbocycles. The molecule has 0 aliphatic heterocycles. The van der Waals surface area contributed by atoms with Gasteiger partial charge < -0.3 is 10.1 Å². The van der Waals surface area contributed by atoms with E-state index in [0.717, 1.165) is 6.07 Å². The van der Waals surface area contributed by atoms with Crippen LogP contribution in [-0.2, 0) is 20.9 Å². The van der Waals surface area contributed by atoms with Gasteiger partial charge in [0.05, 0.1) is 11.2 Å². The Morgan fingerprint density at radius 3 is 2.85 bits per heavy atom. The van der Waals surface area contributed by atoms with E-state index in [1.54, 1.807) is 18.2 Å². The number of hydrogen-bond acceptors (Lipinski definition) is 5. The van der Waals surface area contributed by atoms with Crippen LogP contribution in [0.15, 0.2) is 42.5 Å². The first kappa shape index (κ1) is 17.8. The van der Waals surface area contributed by atoms with Crippen molar-refractivity contribution in [3.63, 3.8) is 0 Å². The van der Waals surface area contributed by atoms with Crippen molar-refractivity contribution in [1.29, 1.82) is 0 Å². The van der Waals surface area contributed by atoms with Crippen molar-refractivity contribution in [2.75, 3.05) is 5.32 Å². The summed E-state index contributed by atoms with van der Waals surface area (Å²) in [6.07, 6.45) is -1.12. The van der Waals surface area contributed by atoms with Gasteiger partial charge in [0.25, 0.3) is 5.91 Å². The van der Waals surface area contributed by atoms with Gasteiger partial charge in [-0.05, 0) is 37.3 Å². The summed E-state index contributed by atoms with van der Waals surface area (Å²) in [5.74, 6) is -2.01. The van der Waals surface area contributed by atoms with Crippen molar-refractivity contribution < 1.29 is 18.7 Å². The molecule has 1 atom stereocenters. The number of rotatable bonds is 5. The largest absolute Gasteiger partial charge is 0.451 e. The number of esters is 1. The second kappa shape index (κ2) is 7.49. The molecule has 0 bridgehead atoms. The first-order valence-electron chi connectivity index (χ1n) is 7.67. The number of anilines is 1. The highest BCUT2D eigenvalue weighted by Gasteiger charge is 2.20. The summed E-state index contributed by atoms with van der Waals surface area (Å²) in [4.78, 5) is 24.1. The van der Waals surface area contributed by atoms with E-state index in [1.165, 1.54) is 23.7 Å². The fourth-order valence-corrected chi connectivity index (χ4v) is 2.43. The Morgan fingerprint density at radius 2 is 2.08 bits per heavy atom. The fraction of sp³-hybridized carbons (Fsp3) is 0.176. The number of para-hydroxylation sites is 1. The molecule has 1 N–H and O–H groups in total. The minimum absolute atomic E-state index is 0.0513. The van der Waals surface area contributed by atoms with Crippen LogP contribution < -0.4 is 5.32 Å². The third-order valence-corrected chi connectivity index (χ3v) is 3.80. The Balaban J connectivity index is 1.60. The van der Waals surface area contributed by atoms with E-state index in [4.69, 9.17) is 16.3 Å². The third-order valence-electron chi connectivity index (χ3n) is 3.57. The quantitative estimate of drug-likeness (QED) is 0.692. The first-order valence-corrected chi connectivity index (χ1v) is 8.05. The summed E-state index contributed by atoms with van der Waals surface area (Å²) in [6, 6.07) is 11.0. The summed E-state index contributed by atoms with van der Waals surface area (Å²) >= 11 is 5.66. The zero-order valence-corrected chi connectivity index (χ0v) is 14.4. The number of halogens is 2. The number of hydrogen-bond donors (Lipinski definition) is 1. The van der Waals surface area contributed by atoms with Crippen LogP contribution in [0.3, 0.4) is 0 Å². The maximum Gasteiger partial charge on any atom is 0.328 e. The molecule has 26 heavy (non-hydrogen) atoms. The highest BCUT2D eigenvalue weighted by molar-refractivity contribution is 6.30. The number of carbonyl (C=O) groups excluding carboxylic acids is 2. The third kappa shape index (κ3) is 3.97. The van der Waals surface area contributed by atoms with E-state index in [0.29, 0.717) is 11.0 Å². The molecule has 0 radical (unpaired) electrons. The lowest BCUT2D eigenvalue weighted by Crippen LogP contribution is -2.31. The highest BCUT2D eigenvalue weighted by Crippen LogP contribution is 2.19. The van der Waals surface area contributed by atoms with Crippen LogP contribution in [0.25, 0.3) is 11.0 Å². The van der Waals surface area contributed by atoms with Gasteiger partial charge in [-0.15, -0.1) is 5.10 Å². The monoisotopic (exact) mass is 376 g/mol. The van der Waals surface area contributed by atoms with Crippen molar-refractivity contribution in [2.45, 2.75) is 19.6 Å². The predicted octanol–water partition coefficient (Wildman–Crippen LogP) is 2.79. The number of nitrogens with one attached hydrogen (secondary N) is 1. The van der Waals surface area contributed by atoms with Crippen molar-refractivity contribution in [3.05, 3.63) is 53.3 Å². The summed E-state index contributed by atoms with van der Waals surface area (Å²) in [7, 11) is 0. The molecule has 3 rings (SSSR count). The van der Waals surface area contributed by atoms with Crippen molar-refractivity contribution in [3.8, 4) is 0 Å². The molecule has 0 spiro atoms. The lowest BCUT2D eigenvalue weighted by molar-refractivity contribution is -0.153. The van der Waals surface area contributed by atoms with Crippen molar-refractivity contribution in [1.82, 2.24) is 15.0 Å². The van der Waals surface area contributed by atoms with Crippen molar-refractivity contribution >= 4 is 40.2 Å².